The highest BCUT2D eigenvalue weighted by atomic mass is 16.5. The summed E-state index contributed by atoms with van der Waals surface area (Å²) in [4.78, 5) is 2.28. The van der Waals surface area contributed by atoms with Crippen LogP contribution in [0, 0.1) is 0 Å². The van der Waals surface area contributed by atoms with Crippen molar-refractivity contribution in [3.05, 3.63) is 0 Å². The average Bonchev–Trinajstić information content (AvgIpc) is 2.65. The predicted molar refractivity (Wildman–Crippen MR) is 59.0 cm³/mol. The Hall–Kier alpha value is -0.160. The Morgan fingerprint density at radius 3 is 2.13 bits per heavy atom. The summed E-state index contributed by atoms with van der Waals surface area (Å²) in [6, 6.07) is 0.301. The number of aliphatic hydroxyl groups excluding tert-OH is 1. The average molecular weight is 217 g/mol. The first kappa shape index (κ1) is 12.9. The maximum atomic E-state index is 9.83. The molecule has 0 aromatic carbocycles. The monoisotopic (exact) mass is 217 g/mol. The van der Waals surface area contributed by atoms with Gasteiger partial charge in [0, 0.05) is 33.4 Å². The lowest BCUT2D eigenvalue weighted by Crippen LogP contribution is -2.43. The van der Waals surface area contributed by atoms with E-state index in [-0.39, 0.29) is 6.10 Å². The number of methoxy groups -OCH3 is 2. The van der Waals surface area contributed by atoms with Gasteiger partial charge in [0.05, 0.1) is 19.3 Å². The van der Waals surface area contributed by atoms with Crippen molar-refractivity contribution in [2.24, 2.45) is 0 Å². The van der Waals surface area contributed by atoms with Crippen molar-refractivity contribution in [3.8, 4) is 0 Å². The van der Waals surface area contributed by atoms with Gasteiger partial charge >= 0.3 is 0 Å². The van der Waals surface area contributed by atoms with E-state index in [9.17, 15) is 5.11 Å². The van der Waals surface area contributed by atoms with E-state index in [0.29, 0.717) is 19.3 Å². The van der Waals surface area contributed by atoms with Crippen LogP contribution in [-0.2, 0) is 9.47 Å². The minimum absolute atomic E-state index is 0.168. The van der Waals surface area contributed by atoms with Gasteiger partial charge in [0.2, 0.25) is 0 Å². The highest BCUT2D eigenvalue weighted by Crippen LogP contribution is 2.23. The molecule has 2 atom stereocenters. The van der Waals surface area contributed by atoms with Gasteiger partial charge < -0.3 is 14.6 Å². The molecule has 0 spiro atoms. The Balaban J connectivity index is 2.38. The summed E-state index contributed by atoms with van der Waals surface area (Å²) in [7, 11) is 3.42. The van der Waals surface area contributed by atoms with Crippen LogP contribution in [0.4, 0.5) is 0 Å². The number of aliphatic hydroxyl groups is 1. The summed E-state index contributed by atoms with van der Waals surface area (Å²) in [6.45, 7) is 3.18. The minimum atomic E-state index is -0.168. The number of ether oxygens (including phenoxy) is 2. The van der Waals surface area contributed by atoms with Gasteiger partial charge in [-0.3, -0.25) is 4.90 Å². The Morgan fingerprint density at radius 1 is 1.13 bits per heavy atom. The van der Waals surface area contributed by atoms with Crippen molar-refractivity contribution in [1.29, 1.82) is 0 Å². The summed E-state index contributed by atoms with van der Waals surface area (Å²) in [6.07, 6.45) is 2.98. The molecule has 0 aliphatic heterocycles. The molecular weight excluding hydrogens is 194 g/mol. The Morgan fingerprint density at radius 2 is 1.73 bits per heavy atom. The molecular formula is C11H23NO3. The smallest absolute Gasteiger partial charge is 0.0695 e. The number of rotatable bonds is 7. The first-order valence-corrected chi connectivity index (χ1v) is 5.69. The van der Waals surface area contributed by atoms with Gasteiger partial charge in [0.25, 0.3) is 0 Å². The second-order valence-corrected chi connectivity index (χ2v) is 4.09. The predicted octanol–water partition coefficient (Wildman–Crippen LogP) is 0.495. The van der Waals surface area contributed by atoms with Gasteiger partial charge in [-0.05, 0) is 19.3 Å². The topological polar surface area (TPSA) is 41.9 Å². The fourth-order valence-corrected chi connectivity index (χ4v) is 2.21. The Labute approximate surface area is 92.2 Å². The van der Waals surface area contributed by atoms with E-state index in [2.05, 4.69) is 4.90 Å². The molecule has 4 heteroatoms. The molecule has 1 rings (SSSR count). The summed E-state index contributed by atoms with van der Waals surface area (Å²) >= 11 is 0. The standard InChI is InChI=1S/C11H23NO3/c1-14-8-6-12(7-9-15-2)10-4-3-5-11(10)13/h10-11,13H,3-9H2,1-2H3/t10-,11-/m1/s1. The SMILES string of the molecule is COCCN(CCOC)[C@@H]1CCC[C@H]1O. The molecule has 1 fully saturated rings. The van der Waals surface area contributed by atoms with Gasteiger partial charge in [0.15, 0.2) is 0 Å². The van der Waals surface area contributed by atoms with Gasteiger partial charge in [-0.15, -0.1) is 0 Å². The highest BCUT2D eigenvalue weighted by molar-refractivity contribution is 4.85. The normalized spacial score (nSPS) is 26.4. The van der Waals surface area contributed by atoms with Crippen LogP contribution in [0.2, 0.25) is 0 Å². The van der Waals surface area contributed by atoms with E-state index in [0.717, 1.165) is 32.4 Å². The largest absolute Gasteiger partial charge is 0.391 e. The number of hydrogen-bond donors (Lipinski definition) is 1. The molecule has 0 saturated heterocycles. The molecule has 0 bridgehead atoms. The number of hydrogen-bond acceptors (Lipinski definition) is 4. The zero-order valence-corrected chi connectivity index (χ0v) is 9.82. The first-order chi connectivity index (χ1) is 7.29. The van der Waals surface area contributed by atoms with Crippen LogP contribution in [0.1, 0.15) is 19.3 Å². The van der Waals surface area contributed by atoms with E-state index in [1.54, 1.807) is 14.2 Å². The van der Waals surface area contributed by atoms with Crippen molar-refractivity contribution >= 4 is 0 Å². The summed E-state index contributed by atoms with van der Waals surface area (Å²) in [5.74, 6) is 0. The first-order valence-electron chi connectivity index (χ1n) is 5.69. The van der Waals surface area contributed by atoms with E-state index in [1.165, 1.54) is 0 Å². The van der Waals surface area contributed by atoms with Crippen LogP contribution in [0.5, 0.6) is 0 Å². The van der Waals surface area contributed by atoms with Crippen LogP contribution >= 0.6 is 0 Å². The van der Waals surface area contributed by atoms with Crippen LogP contribution < -0.4 is 0 Å². The second kappa shape index (κ2) is 7.17. The van der Waals surface area contributed by atoms with Crippen molar-refractivity contribution in [2.45, 2.75) is 31.4 Å². The molecule has 0 aromatic heterocycles. The van der Waals surface area contributed by atoms with Crippen LogP contribution in [0.3, 0.4) is 0 Å². The van der Waals surface area contributed by atoms with Gasteiger partial charge in [-0.2, -0.15) is 0 Å². The molecule has 0 aromatic rings. The zero-order chi connectivity index (χ0) is 11.1. The van der Waals surface area contributed by atoms with Crippen molar-refractivity contribution in [1.82, 2.24) is 4.90 Å². The fraction of sp³-hybridized carbons (Fsp3) is 1.00. The van der Waals surface area contributed by atoms with E-state index in [1.807, 2.05) is 0 Å². The van der Waals surface area contributed by atoms with Gasteiger partial charge in [0.1, 0.15) is 0 Å². The van der Waals surface area contributed by atoms with Crippen LogP contribution in [0.25, 0.3) is 0 Å². The maximum Gasteiger partial charge on any atom is 0.0695 e. The quantitative estimate of drug-likeness (QED) is 0.674. The van der Waals surface area contributed by atoms with E-state index < -0.39 is 0 Å². The maximum absolute atomic E-state index is 9.83. The molecule has 0 unspecified atom stereocenters. The molecule has 1 N–H and O–H groups in total. The third-order valence-corrected chi connectivity index (χ3v) is 3.08. The lowest BCUT2D eigenvalue weighted by Gasteiger charge is -2.30. The molecule has 1 aliphatic carbocycles. The third kappa shape index (κ3) is 4.07. The Bertz CT molecular complexity index is 158. The molecule has 0 heterocycles. The lowest BCUT2D eigenvalue weighted by molar-refractivity contribution is 0.0362. The van der Waals surface area contributed by atoms with E-state index >= 15 is 0 Å². The molecule has 0 amide bonds. The molecule has 4 nitrogen and oxygen atoms in total. The summed E-state index contributed by atoms with van der Waals surface area (Å²) in [5, 5.41) is 9.83. The van der Waals surface area contributed by atoms with Gasteiger partial charge in [-0.1, -0.05) is 0 Å². The Kier molecular flexibility index (Phi) is 6.17. The van der Waals surface area contributed by atoms with E-state index in [4.69, 9.17) is 9.47 Å². The summed E-state index contributed by atoms with van der Waals surface area (Å²) in [5.41, 5.74) is 0. The van der Waals surface area contributed by atoms with Crippen LogP contribution in [0.15, 0.2) is 0 Å². The minimum Gasteiger partial charge on any atom is -0.391 e. The highest BCUT2D eigenvalue weighted by Gasteiger charge is 2.29. The molecule has 15 heavy (non-hydrogen) atoms. The third-order valence-electron chi connectivity index (χ3n) is 3.08. The fourth-order valence-electron chi connectivity index (χ4n) is 2.21. The van der Waals surface area contributed by atoms with Crippen molar-refractivity contribution in [2.75, 3.05) is 40.5 Å². The molecule has 1 saturated carbocycles. The lowest BCUT2D eigenvalue weighted by atomic mass is 10.2. The zero-order valence-electron chi connectivity index (χ0n) is 9.82. The molecule has 1 aliphatic rings. The molecule has 0 radical (unpaired) electrons. The second-order valence-electron chi connectivity index (χ2n) is 4.09. The molecule has 90 valence electrons. The number of nitrogens with zero attached hydrogens (tertiary/aromatic N) is 1. The summed E-state index contributed by atoms with van der Waals surface area (Å²) < 4.78 is 10.2. The van der Waals surface area contributed by atoms with Gasteiger partial charge in [-0.25, -0.2) is 0 Å². The van der Waals surface area contributed by atoms with Crippen LogP contribution in [-0.4, -0.2) is 62.7 Å². The van der Waals surface area contributed by atoms with Crippen molar-refractivity contribution < 1.29 is 14.6 Å². The van der Waals surface area contributed by atoms with Crippen molar-refractivity contribution in [3.63, 3.8) is 0 Å².